The molecule has 0 aliphatic heterocycles. The largest absolute Gasteiger partial charge is 0.379 e. The lowest BCUT2D eigenvalue weighted by molar-refractivity contribution is 0.0776. The van der Waals surface area contributed by atoms with Gasteiger partial charge in [0.05, 0.1) is 6.10 Å². The van der Waals surface area contributed by atoms with Crippen molar-refractivity contribution in [2.45, 2.75) is 46.3 Å². The van der Waals surface area contributed by atoms with E-state index in [1.54, 1.807) is 7.05 Å². The van der Waals surface area contributed by atoms with E-state index in [1.165, 1.54) is 11.1 Å². The molecule has 4 nitrogen and oxygen atoms in total. The summed E-state index contributed by atoms with van der Waals surface area (Å²) in [6, 6.07) is 8.51. The van der Waals surface area contributed by atoms with Crippen LogP contribution in [0.4, 0.5) is 0 Å². The zero-order valence-corrected chi connectivity index (χ0v) is 16.5. The SMILES string of the molecule is CCc1ccccc1CNC(=NC)NCCCOC(C)C.I. The number of aryl methyl sites for hydroxylation is 1. The lowest BCUT2D eigenvalue weighted by Crippen LogP contribution is -2.37. The van der Waals surface area contributed by atoms with Crippen molar-refractivity contribution in [3.05, 3.63) is 35.4 Å². The smallest absolute Gasteiger partial charge is 0.191 e. The summed E-state index contributed by atoms with van der Waals surface area (Å²) in [5.41, 5.74) is 2.71. The van der Waals surface area contributed by atoms with E-state index in [4.69, 9.17) is 4.74 Å². The van der Waals surface area contributed by atoms with Crippen molar-refractivity contribution >= 4 is 29.9 Å². The van der Waals surface area contributed by atoms with Gasteiger partial charge in [0.15, 0.2) is 5.96 Å². The molecule has 0 aliphatic rings. The van der Waals surface area contributed by atoms with E-state index in [0.29, 0.717) is 6.10 Å². The number of rotatable bonds is 8. The molecular weight excluding hydrogens is 389 g/mol. The zero-order valence-electron chi connectivity index (χ0n) is 14.2. The van der Waals surface area contributed by atoms with Gasteiger partial charge in [-0.05, 0) is 37.8 Å². The van der Waals surface area contributed by atoms with Crippen molar-refractivity contribution in [1.29, 1.82) is 0 Å². The molecule has 0 fully saturated rings. The molecule has 22 heavy (non-hydrogen) atoms. The second-order valence-corrected chi connectivity index (χ2v) is 5.25. The molecule has 1 aromatic carbocycles. The minimum absolute atomic E-state index is 0. The molecule has 2 N–H and O–H groups in total. The number of nitrogens with zero attached hydrogens (tertiary/aromatic N) is 1. The molecule has 0 amide bonds. The van der Waals surface area contributed by atoms with Crippen LogP contribution >= 0.6 is 24.0 Å². The average Bonchev–Trinajstić information content (AvgIpc) is 2.50. The maximum Gasteiger partial charge on any atom is 0.191 e. The third kappa shape index (κ3) is 8.58. The Morgan fingerprint density at radius 1 is 1.18 bits per heavy atom. The van der Waals surface area contributed by atoms with E-state index in [-0.39, 0.29) is 24.0 Å². The van der Waals surface area contributed by atoms with Crippen LogP contribution in [0.2, 0.25) is 0 Å². The Morgan fingerprint density at radius 2 is 1.86 bits per heavy atom. The summed E-state index contributed by atoms with van der Waals surface area (Å²) in [7, 11) is 1.80. The minimum atomic E-state index is 0. The summed E-state index contributed by atoms with van der Waals surface area (Å²) >= 11 is 0. The molecule has 0 aliphatic carbocycles. The van der Waals surface area contributed by atoms with Gasteiger partial charge in [0, 0.05) is 26.7 Å². The molecule has 0 bridgehead atoms. The molecular formula is C17H30IN3O. The number of nitrogens with one attached hydrogen (secondary N) is 2. The maximum absolute atomic E-state index is 5.52. The fourth-order valence-corrected chi connectivity index (χ4v) is 2.07. The Kier molecular flexibility index (Phi) is 12.2. The number of ether oxygens (including phenoxy) is 1. The lowest BCUT2D eigenvalue weighted by Gasteiger charge is -2.14. The predicted octanol–water partition coefficient (Wildman–Crippen LogP) is 3.35. The number of hydrogen-bond acceptors (Lipinski definition) is 2. The van der Waals surface area contributed by atoms with Crippen LogP contribution in [0.15, 0.2) is 29.3 Å². The maximum atomic E-state index is 5.52. The normalized spacial score (nSPS) is 11.2. The molecule has 0 saturated carbocycles. The van der Waals surface area contributed by atoms with Crippen molar-refractivity contribution in [1.82, 2.24) is 10.6 Å². The number of aliphatic imine (C=N–C) groups is 1. The van der Waals surface area contributed by atoms with Gasteiger partial charge in [0.1, 0.15) is 0 Å². The van der Waals surface area contributed by atoms with Crippen molar-refractivity contribution in [3.63, 3.8) is 0 Å². The summed E-state index contributed by atoms with van der Waals surface area (Å²) in [5.74, 6) is 0.838. The van der Waals surface area contributed by atoms with Gasteiger partial charge in [-0.1, -0.05) is 31.2 Å². The molecule has 126 valence electrons. The highest BCUT2D eigenvalue weighted by molar-refractivity contribution is 14.0. The second-order valence-electron chi connectivity index (χ2n) is 5.25. The van der Waals surface area contributed by atoms with Gasteiger partial charge in [-0.2, -0.15) is 0 Å². The molecule has 0 radical (unpaired) electrons. The van der Waals surface area contributed by atoms with Crippen LogP contribution in [0.3, 0.4) is 0 Å². The third-order valence-corrected chi connectivity index (χ3v) is 3.23. The van der Waals surface area contributed by atoms with Crippen LogP contribution in [-0.2, 0) is 17.7 Å². The Bertz CT molecular complexity index is 436. The first-order valence-electron chi connectivity index (χ1n) is 7.80. The fourth-order valence-electron chi connectivity index (χ4n) is 2.07. The van der Waals surface area contributed by atoms with Gasteiger partial charge < -0.3 is 15.4 Å². The standard InChI is InChI=1S/C17H29N3O.HI/c1-5-15-9-6-7-10-16(15)13-20-17(18-4)19-11-8-12-21-14(2)3;/h6-7,9-10,14H,5,8,11-13H2,1-4H3,(H2,18,19,20);1H. The average molecular weight is 419 g/mol. The molecule has 5 heteroatoms. The van der Waals surface area contributed by atoms with Crippen LogP contribution < -0.4 is 10.6 Å². The molecule has 0 spiro atoms. The molecule has 1 aromatic rings. The van der Waals surface area contributed by atoms with Crippen molar-refractivity contribution in [2.75, 3.05) is 20.2 Å². The van der Waals surface area contributed by atoms with Gasteiger partial charge in [0.2, 0.25) is 0 Å². The molecule has 0 heterocycles. The number of hydrogen-bond donors (Lipinski definition) is 2. The zero-order chi connectivity index (χ0) is 15.5. The number of guanidine groups is 1. The Morgan fingerprint density at radius 3 is 2.45 bits per heavy atom. The molecule has 1 rings (SSSR count). The Balaban J connectivity index is 0.00000441. The monoisotopic (exact) mass is 419 g/mol. The molecule has 0 saturated heterocycles. The van der Waals surface area contributed by atoms with Crippen molar-refractivity contribution in [3.8, 4) is 0 Å². The third-order valence-electron chi connectivity index (χ3n) is 3.23. The van der Waals surface area contributed by atoms with Gasteiger partial charge in [-0.25, -0.2) is 0 Å². The van der Waals surface area contributed by atoms with Crippen molar-refractivity contribution < 1.29 is 4.74 Å². The van der Waals surface area contributed by atoms with Gasteiger partial charge >= 0.3 is 0 Å². The molecule has 0 atom stereocenters. The van der Waals surface area contributed by atoms with Crippen LogP contribution in [0.5, 0.6) is 0 Å². The minimum Gasteiger partial charge on any atom is -0.379 e. The van der Waals surface area contributed by atoms with E-state index in [0.717, 1.165) is 38.5 Å². The summed E-state index contributed by atoms with van der Waals surface area (Å²) in [6.45, 7) is 8.73. The van der Waals surface area contributed by atoms with Gasteiger partial charge in [-0.15, -0.1) is 24.0 Å². The van der Waals surface area contributed by atoms with Gasteiger partial charge in [0.25, 0.3) is 0 Å². The molecule has 0 unspecified atom stereocenters. The van der Waals surface area contributed by atoms with E-state index in [9.17, 15) is 0 Å². The van der Waals surface area contributed by atoms with Crippen LogP contribution in [0, 0.1) is 0 Å². The number of benzene rings is 1. The van der Waals surface area contributed by atoms with E-state index in [1.807, 2.05) is 0 Å². The van der Waals surface area contributed by atoms with E-state index < -0.39 is 0 Å². The van der Waals surface area contributed by atoms with Crippen LogP contribution in [-0.4, -0.2) is 32.3 Å². The lowest BCUT2D eigenvalue weighted by atomic mass is 10.1. The number of halogens is 1. The highest BCUT2D eigenvalue weighted by Gasteiger charge is 2.02. The summed E-state index contributed by atoms with van der Waals surface area (Å²) in [4.78, 5) is 4.24. The first-order chi connectivity index (χ1) is 10.2. The van der Waals surface area contributed by atoms with Crippen LogP contribution in [0.1, 0.15) is 38.3 Å². The molecule has 0 aromatic heterocycles. The Hall–Kier alpha value is -0.820. The first kappa shape index (κ1) is 21.2. The van der Waals surface area contributed by atoms with E-state index in [2.05, 4.69) is 60.7 Å². The summed E-state index contributed by atoms with van der Waals surface area (Å²) < 4.78 is 5.52. The van der Waals surface area contributed by atoms with Crippen molar-refractivity contribution in [2.24, 2.45) is 4.99 Å². The first-order valence-corrected chi connectivity index (χ1v) is 7.80. The Labute approximate surface area is 152 Å². The highest BCUT2D eigenvalue weighted by Crippen LogP contribution is 2.08. The topological polar surface area (TPSA) is 45.7 Å². The van der Waals surface area contributed by atoms with E-state index >= 15 is 0 Å². The second kappa shape index (κ2) is 12.7. The van der Waals surface area contributed by atoms with Crippen LogP contribution in [0.25, 0.3) is 0 Å². The highest BCUT2D eigenvalue weighted by atomic mass is 127. The fraction of sp³-hybridized carbons (Fsp3) is 0.588. The summed E-state index contributed by atoms with van der Waals surface area (Å²) in [6.07, 6.45) is 2.33. The quantitative estimate of drug-likeness (QED) is 0.294. The predicted molar refractivity (Wildman–Crippen MR) is 105 cm³/mol. The summed E-state index contributed by atoms with van der Waals surface area (Å²) in [5, 5.41) is 6.67. The van der Waals surface area contributed by atoms with Gasteiger partial charge in [-0.3, -0.25) is 4.99 Å².